The van der Waals surface area contributed by atoms with E-state index < -0.39 is 7.92 Å². The van der Waals surface area contributed by atoms with Gasteiger partial charge in [0.05, 0.1) is 0 Å². The van der Waals surface area contributed by atoms with Crippen molar-refractivity contribution < 1.29 is 0 Å². The molecule has 0 N–H and O–H groups in total. The van der Waals surface area contributed by atoms with Crippen LogP contribution in [-0.2, 0) is 0 Å². The quantitative estimate of drug-likeness (QED) is 0.267. The molecule has 0 amide bonds. The van der Waals surface area contributed by atoms with Gasteiger partial charge in [-0.05, 0) is 58.6 Å². The largest absolute Gasteiger partial charge is 0.0622 e. The maximum absolute atomic E-state index is 2.28. The first-order valence-corrected chi connectivity index (χ1v) is 10.9. The summed E-state index contributed by atoms with van der Waals surface area (Å²) in [6, 6.07) is 42.5. The minimum atomic E-state index is -0.446. The molecular weight excluding hydrogens is 446 g/mol. The Kier molecular flexibility index (Phi) is 7.42. The molecule has 0 spiro atoms. The molecule has 26 heavy (non-hydrogen) atoms. The summed E-state index contributed by atoms with van der Waals surface area (Å²) in [6.45, 7) is 0. The van der Waals surface area contributed by atoms with Crippen LogP contribution in [-0.4, -0.2) is 0 Å². The van der Waals surface area contributed by atoms with E-state index in [1.807, 2.05) is 18.2 Å². The highest BCUT2D eigenvalue weighted by Crippen LogP contribution is 2.32. The predicted molar refractivity (Wildman–Crippen MR) is 124 cm³/mol. The van der Waals surface area contributed by atoms with Gasteiger partial charge < -0.3 is 0 Å². The van der Waals surface area contributed by atoms with Gasteiger partial charge in [-0.1, -0.05) is 109 Å². The van der Waals surface area contributed by atoms with Crippen molar-refractivity contribution in [3.63, 3.8) is 0 Å². The van der Waals surface area contributed by atoms with Crippen LogP contribution in [0.5, 0.6) is 0 Å². The van der Waals surface area contributed by atoms with Crippen molar-refractivity contribution in [2.75, 3.05) is 0 Å². The second kappa shape index (κ2) is 10.3. The lowest BCUT2D eigenvalue weighted by Crippen LogP contribution is -2.20. The van der Waals surface area contributed by atoms with E-state index in [0.29, 0.717) is 0 Å². The van der Waals surface area contributed by atoms with Crippen LogP contribution in [0.2, 0.25) is 0 Å². The fourth-order valence-electron chi connectivity index (χ4n) is 2.59. The van der Waals surface area contributed by atoms with E-state index in [2.05, 4.69) is 126 Å². The molecule has 0 radical (unpaired) electrons. The third-order valence-corrected chi connectivity index (χ3v) is 6.94. The molecular formula is C24H20IP. The molecule has 0 bridgehead atoms. The van der Waals surface area contributed by atoms with Crippen LogP contribution in [0.3, 0.4) is 0 Å². The lowest BCUT2D eigenvalue weighted by atomic mass is 10.4. The summed E-state index contributed by atoms with van der Waals surface area (Å²) in [6.07, 6.45) is 0. The molecule has 0 aromatic heterocycles. The Labute approximate surface area is 170 Å². The molecule has 0 aliphatic heterocycles. The van der Waals surface area contributed by atoms with Gasteiger partial charge in [-0.25, -0.2) is 0 Å². The normalized spacial score (nSPS) is 10.1. The van der Waals surface area contributed by atoms with Crippen molar-refractivity contribution in [2.45, 2.75) is 0 Å². The molecule has 4 rings (SSSR count). The van der Waals surface area contributed by atoms with E-state index >= 15 is 0 Å². The van der Waals surface area contributed by atoms with Gasteiger partial charge in [0.1, 0.15) is 0 Å². The maximum atomic E-state index is 2.28. The van der Waals surface area contributed by atoms with E-state index in [-0.39, 0.29) is 0 Å². The molecule has 0 saturated carbocycles. The molecule has 4 aromatic rings. The van der Waals surface area contributed by atoms with Crippen LogP contribution in [0.25, 0.3) is 0 Å². The second-order valence-electron chi connectivity index (χ2n) is 5.64. The molecule has 4 aromatic carbocycles. The number of rotatable bonds is 3. The fourth-order valence-corrected chi connectivity index (χ4v) is 5.31. The minimum Gasteiger partial charge on any atom is -0.0622 e. The molecule has 0 atom stereocenters. The third-order valence-electron chi connectivity index (χ3n) is 3.78. The Morgan fingerprint density at radius 2 is 0.654 bits per heavy atom. The van der Waals surface area contributed by atoms with Crippen molar-refractivity contribution in [2.24, 2.45) is 0 Å². The van der Waals surface area contributed by atoms with E-state index in [1.165, 1.54) is 19.5 Å². The first-order valence-electron chi connectivity index (χ1n) is 8.50. The number of hydrogen-bond donors (Lipinski definition) is 0. The number of halogens is 1. The first kappa shape index (κ1) is 18.8. The Morgan fingerprint density at radius 3 is 0.885 bits per heavy atom. The Morgan fingerprint density at radius 1 is 0.385 bits per heavy atom. The monoisotopic (exact) mass is 466 g/mol. The van der Waals surface area contributed by atoms with Crippen molar-refractivity contribution in [1.29, 1.82) is 0 Å². The van der Waals surface area contributed by atoms with Crippen molar-refractivity contribution in [3.8, 4) is 0 Å². The molecule has 2 heteroatoms. The van der Waals surface area contributed by atoms with Gasteiger partial charge in [0.2, 0.25) is 0 Å². The number of hydrogen-bond acceptors (Lipinski definition) is 0. The van der Waals surface area contributed by atoms with E-state index in [9.17, 15) is 0 Å². The van der Waals surface area contributed by atoms with Crippen molar-refractivity contribution in [3.05, 3.63) is 125 Å². The van der Waals surface area contributed by atoms with Crippen LogP contribution < -0.4 is 15.9 Å². The van der Waals surface area contributed by atoms with Crippen molar-refractivity contribution in [1.82, 2.24) is 0 Å². The van der Waals surface area contributed by atoms with Gasteiger partial charge >= 0.3 is 0 Å². The predicted octanol–water partition coefficient (Wildman–Crippen LogP) is 5.74. The van der Waals surface area contributed by atoms with Gasteiger partial charge in [-0.15, -0.1) is 0 Å². The smallest absolute Gasteiger partial charge is 0.0130 e. The highest BCUT2D eigenvalue weighted by Gasteiger charge is 2.14. The average Bonchev–Trinajstić information content (AvgIpc) is 2.72. The molecule has 0 aliphatic rings. The molecule has 128 valence electrons. The Bertz CT molecular complexity index is 784. The lowest BCUT2D eigenvalue weighted by molar-refractivity contribution is 1.65. The summed E-state index contributed by atoms with van der Waals surface area (Å²) in [5, 5.41) is 4.19. The van der Waals surface area contributed by atoms with Gasteiger partial charge in [-0.3, -0.25) is 0 Å². The van der Waals surface area contributed by atoms with Crippen LogP contribution >= 0.6 is 30.5 Å². The Hall–Kier alpha value is -1.96. The first-order chi connectivity index (χ1) is 12.8. The van der Waals surface area contributed by atoms with Gasteiger partial charge in [0.25, 0.3) is 0 Å². The molecule has 0 fully saturated rings. The zero-order chi connectivity index (χ0) is 18.0. The third kappa shape index (κ3) is 5.52. The summed E-state index contributed by atoms with van der Waals surface area (Å²) in [4.78, 5) is 0. The maximum Gasteiger partial charge on any atom is 0.0130 e. The zero-order valence-electron chi connectivity index (χ0n) is 14.4. The van der Waals surface area contributed by atoms with Gasteiger partial charge in [0.15, 0.2) is 0 Å². The fraction of sp³-hybridized carbons (Fsp3) is 0. The SMILES string of the molecule is Ic1ccccc1.c1ccc(P(c2ccccc2)c2ccccc2)cc1. The van der Waals surface area contributed by atoms with E-state index in [1.54, 1.807) is 0 Å². The molecule has 0 aliphatic carbocycles. The number of benzene rings is 4. The second-order valence-corrected chi connectivity index (χ2v) is 9.10. The summed E-state index contributed by atoms with van der Waals surface area (Å²) in [5.74, 6) is 0. The summed E-state index contributed by atoms with van der Waals surface area (Å²) in [7, 11) is -0.446. The highest BCUT2D eigenvalue weighted by molar-refractivity contribution is 14.1. The summed E-state index contributed by atoms with van der Waals surface area (Å²) >= 11 is 2.28. The molecule has 0 saturated heterocycles. The van der Waals surface area contributed by atoms with E-state index in [0.717, 1.165) is 0 Å². The van der Waals surface area contributed by atoms with Gasteiger partial charge in [0, 0.05) is 3.57 Å². The Balaban J connectivity index is 0.000000236. The topological polar surface area (TPSA) is 0 Å². The molecule has 0 heterocycles. The summed E-state index contributed by atoms with van der Waals surface area (Å²) < 4.78 is 1.29. The van der Waals surface area contributed by atoms with E-state index in [4.69, 9.17) is 0 Å². The standard InChI is InChI=1S/C18H15P.C6H5I/c1-4-10-16(11-5-1)19(17-12-6-2-7-13-17)18-14-8-3-9-15-18;7-6-4-2-1-3-5-6/h1-15H;1-5H. The van der Waals surface area contributed by atoms with Gasteiger partial charge in [-0.2, -0.15) is 0 Å². The van der Waals surface area contributed by atoms with Crippen LogP contribution in [0.1, 0.15) is 0 Å². The van der Waals surface area contributed by atoms with Crippen LogP contribution in [0.4, 0.5) is 0 Å². The van der Waals surface area contributed by atoms with Crippen LogP contribution in [0, 0.1) is 3.57 Å². The highest BCUT2D eigenvalue weighted by atomic mass is 127. The molecule has 0 nitrogen and oxygen atoms in total. The van der Waals surface area contributed by atoms with Crippen molar-refractivity contribution >= 4 is 46.4 Å². The minimum absolute atomic E-state index is 0.446. The summed E-state index contributed by atoms with van der Waals surface area (Å²) in [5.41, 5.74) is 0. The average molecular weight is 466 g/mol. The molecule has 0 unspecified atom stereocenters. The zero-order valence-corrected chi connectivity index (χ0v) is 17.4. The van der Waals surface area contributed by atoms with Crippen LogP contribution in [0.15, 0.2) is 121 Å². The lowest BCUT2D eigenvalue weighted by Gasteiger charge is -2.18.